The molecule has 0 unspecified atom stereocenters. The Bertz CT molecular complexity index is 659. The van der Waals surface area contributed by atoms with E-state index >= 15 is 0 Å². The highest BCUT2D eigenvalue weighted by atomic mass is 32.1. The van der Waals surface area contributed by atoms with Gasteiger partial charge in [-0.25, -0.2) is 9.97 Å². The topological polar surface area (TPSA) is 49.8 Å². The zero-order chi connectivity index (χ0) is 14.9. The summed E-state index contributed by atoms with van der Waals surface area (Å²) in [4.78, 5) is 9.07. The van der Waals surface area contributed by atoms with Crippen molar-refractivity contribution >= 4 is 34.1 Å². The molecule has 0 aliphatic heterocycles. The molecule has 20 heavy (non-hydrogen) atoms. The van der Waals surface area contributed by atoms with Gasteiger partial charge >= 0.3 is 0 Å². The first-order valence-corrected chi connectivity index (χ1v) is 6.99. The summed E-state index contributed by atoms with van der Waals surface area (Å²) in [6, 6.07) is 5.88. The molecule has 4 nitrogen and oxygen atoms in total. The Kier molecular flexibility index (Phi) is 3.90. The van der Waals surface area contributed by atoms with Crippen LogP contribution < -0.4 is 10.6 Å². The van der Waals surface area contributed by atoms with Crippen LogP contribution in [-0.4, -0.2) is 20.6 Å². The number of aromatic nitrogens is 2. The number of fused-ring (bicyclic) bond motifs is 1. The number of anilines is 1. The van der Waals surface area contributed by atoms with Crippen LogP contribution in [0.3, 0.4) is 0 Å². The second-order valence-electron chi connectivity index (χ2n) is 5.93. The summed E-state index contributed by atoms with van der Waals surface area (Å²) < 4.78 is 0. The molecule has 0 saturated carbocycles. The average molecular weight is 288 g/mol. The lowest BCUT2D eigenvalue weighted by Crippen LogP contribution is -2.42. The number of rotatable bonds is 1. The Morgan fingerprint density at radius 1 is 1.05 bits per heavy atom. The number of aryl methyl sites for hydroxylation is 2. The maximum Gasteiger partial charge on any atom is 0.171 e. The van der Waals surface area contributed by atoms with Crippen molar-refractivity contribution < 1.29 is 0 Å². The highest BCUT2D eigenvalue weighted by molar-refractivity contribution is 7.80. The number of nitrogens with zero attached hydrogens (tertiary/aromatic N) is 2. The predicted octanol–water partition coefficient (Wildman–Crippen LogP) is 3.33. The minimum absolute atomic E-state index is 0.0611. The molecule has 0 aliphatic rings. The Morgan fingerprint density at radius 3 is 2.25 bits per heavy atom. The van der Waals surface area contributed by atoms with Crippen molar-refractivity contribution in [3.8, 4) is 0 Å². The summed E-state index contributed by atoms with van der Waals surface area (Å²) in [7, 11) is 0. The summed E-state index contributed by atoms with van der Waals surface area (Å²) in [6.07, 6.45) is 0. The van der Waals surface area contributed by atoms with Crippen molar-refractivity contribution in [2.24, 2.45) is 0 Å². The van der Waals surface area contributed by atoms with Gasteiger partial charge in [0.2, 0.25) is 0 Å². The van der Waals surface area contributed by atoms with Crippen molar-refractivity contribution in [1.82, 2.24) is 15.3 Å². The average Bonchev–Trinajstić information content (AvgIpc) is 2.28. The lowest BCUT2D eigenvalue weighted by molar-refractivity contribution is 0.515. The van der Waals surface area contributed by atoms with Crippen LogP contribution in [0.2, 0.25) is 0 Å². The normalized spacial score (nSPS) is 11.4. The molecule has 0 spiro atoms. The summed E-state index contributed by atoms with van der Waals surface area (Å²) >= 11 is 5.30. The molecule has 0 radical (unpaired) electrons. The van der Waals surface area contributed by atoms with E-state index in [1.54, 1.807) is 0 Å². The smallest absolute Gasteiger partial charge is 0.171 e. The minimum Gasteiger partial charge on any atom is -0.358 e. The van der Waals surface area contributed by atoms with Crippen LogP contribution >= 0.6 is 12.2 Å². The minimum atomic E-state index is -0.0611. The van der Waals surface area contributed by atoms with Crippen LogP contribution in [-0.2, 0) is 0 Å². The molecule has 106 valence electrons. The van der Waals surface area contributed by atoms with Crippen LogP contribution in [0.15, 0.2) is 18.2 Å². The fourth-order valence-electron chi connectivity index (χ4n) is 1.81. The molecule has 0 atom stereocenters. The highest BCUT2D eigenvalue weighted by Crippen LogP contribution is 2.17. The molecule has 0 amide bonds. The van der Waals surface area contributed by atoms with Crippen molar-refractivity contribution in [1.29, 1.82) is 0 Å². The van der Waals surface area contributed by atoms with Crippen LogP contribution in [0, 0.1) is 13.8 Å². The van der Waals surface area contributed by atoms with Crippen molar-refractivity contribution in [2.45, 2.75) is 40.2 Å². The third-order valence-corrected chi connectivity index (χ3v) is 3.03. The van der Waals surface area contributed by atoms with Gasteiger partial charge in [-0.1, -0.05) is 0 Å². The highest BCUT2D eigenvalue weighted by Gasteiger charge is 2.11. The molecule has 2 rings (SSSR count). The van der Waals surface area contributed by atoms with E-state index in [-0.39, 0.29) is 5.54 Å². The summed E-state index contributed by atoms with van der Waals surface area (Å²) in [5, 5.41) is 7.00. The van der Waals surface area contributed by atoms with E-state index in [1.165, 1.54) is 0 Å². The lowest BCUT2D eigenvalue weighted by Gasteiger charge is -2.23. The molecule has 2 aromatic rings. The standard InChI is InChI=1S/C15H20N4S/c1-9-10(2)17-13-8-11(6-7-12(13)16-9)18-14(20)19-15(3,4)5/h6-8H,1-5H3,(H2,18,19,20). The van der Waals surface area contributed by atoms with Gasteiger partial charge in [-0.2, -0.15) is 0 Å². The SMILES string of the molecule is Cc1nc2ccc(NC(=S)NC(C)(C)C)cc2nc1C. The molecule has 5 heteroatoms. The second-order valence-corrected chi connectivity index (χ2v) is 6.34. The van der Waals surface area contributed by atoms with Gasteiger partial charge in [0.05, 0.1) is 22.4 Å². The summed E-state index contributed by atoms with van der Waals surface area (Å²) in [5.74, 6) is 0. The third kappa shape index (κ3) is 3.63. The van der Waals surface area contributed by atoms with Gasteiger partial charge in [-0.05, 0) is 65.0 Å². The molecule has 0 fully saturated rings. The first-order chi connectivity index (χ1) is 9.24. The molecule has 1 aromatic carbocycles. The number of benzene rings is 1. The van der Waals surface area contributed by atoms with E-state index in [9.17, 15) is 0 Å². The van der Waals surface area contributed by atoms with E-state index in [0.29, 0.717) is 5.11 Å². The maximum atomic E-state index is 5.30. The Hall–Kier alpha value is -1.75. The van der Waals surface area contributed by atoms with Crippen LogP contribution in [0.1, 0.15) is 32.2 Å². The molecule has 2 N–H and O–H groups in total. The van der Waals surface area contributed by atoms with Gasteiger partial charge in [-0.15, -0.1) is 0 Å². The van der Waals surface area contributed by atoms with E-state index in [1.807, 2.05) is 32.0 Å². The molecular weight excluding hydrogens is 268 g/mol. The van der Waals surface area contributed by atoms with Gasteiger partial charge in [0.15, 0.2) is 5.11 Å². The Balaban J connectivity index is 2.24. The van der Waals surface area contributed by atoms with Crippen LogP contribution in [0.25, 0.3) is 11.0 Å². The lowest BCUT2D eigenvalue weighted by atomic mass is 10.1. The van der Waals surface area contributed by atoms with E-state index in [0.717, 1.165) is 28.1 Å². The van der Waals surface area contributed by atoms with Gasteiger partial charge in [0.25, 0.3) is 0 Å². The predicted molar refractivity (Wildman–Crippen MR) is 88.1 cm³/mol. The van der Waals surface area contributed by atoms with Gasteiger partial charge < -0.3 is 10.6 Å². The number of thiocarbonyl (C=S) groups is 1. The maximum absolute atomic E-state index is 5.30. The first kappa shape index (κ1) is 14.7. The van der Waals surface area contributed by atoms with E-state index < -0.39 is 0 Å². The second kappa shape index (κ2) is 5.32. The Morgan fingerprint density at radius 2 is 1.65 bits per heavy atom. The molecule has 0 aliphatic carbocycles. The van der Waals surface area contributed by atoms with Gasteiger partial charge in [0, 0.05) is 11.2 Å². The van der Waals surface area contributed by atoms with E-state index in [4.69, 9.17) is 12.2 Å². The zero-order valence-electron chi connectivity index (χ0n) is 12.5. The number of hydrogen-bond donors (Lipinski definition) is 2. The third-order valence-electron chi connectivity index (χ3n) is 2.82. The quantitative estimate of drug-likeness (QED) is 0.788. The van der Waals surface area contributed by atoms with Gasteiger partial charge in [-0.3, -0.25) is 0 Å². The first-order valence-electron chi connectivity index (χ1n) is 6.59. The number of nitrogens with one attached hydrogen (secondary N) is 2. The van der Waals surface area contributed by atoms with E-state index in [2.05, 4.69) is 41.4 Å². The van der Waals surface area contributed by atoms with Crippen molar-refractivity contribution in [3.05, 3.63) is 29.6 Å². The summed E-state index contributed by atoms with van der Waals surface area (Å²) in [5.41, 5.74) is 4.53. The summed E-state index contributed by atoms with van der Waals surface area (Å²) in [6.45, 7) is 10.1. The molecule has 1 heterocycles. The van der Waals surface area contributed by atoms with Crippen LogP contribution in [0.4, 0.5) is 5.69 Å². The fraction of sp³-hybridized carbons (Fsp3) is 0.400. The number of hydrogen-bond acceptors (Lipinski definition) is 3. The monoisotopic (exact) mass is 288 g/mol. The molecule has 0 bridgehead atoms. The fourth-order valence-corrected chi connectivity index (χ4v) is 2.24. The molecule has 1 aromatic heterocycles. The molecular formula is C15H20N4S. The van der Waals surface area contributed by atoms with Crippen LogP contribution in [0.5, 0.6) is 0 Å². The van der Waals surface area contributed by atoms with Crippen molar-refractivity contribution in [3.63, 3.8) is 0 Å². The Labute approximate surface area is 125 Å². The zero-order valence-corrected chi connectivity index (χ0v) is 13.4. The van der Waals surface area contributed by atoms with Crippen molar-refractivity contribution in [2.75, 3.05) is 5.32 Å². The molecule has 0 saturated heterocycles. The largest absolute Gasteiger partial charge is 0.358 e. The van der Waals surface area contributed by atoms with Gasteiger partial charge in [0.1, 0.15) is 0 Å².